The minimum absolute atomic E-state index is 0.103. The Labute approximate surface area is 230 Å². The number of hydrogen-bond donors (Lipinski definition) is 0. The molecule has 0 unspecified atom stereocenters. The molecular weight excluding hydrogens is 533 g/mol. The molecule has 0 N–H and O–H groups in total. The molecule has 4 aromatic heterocycles. The summed E-state index contributed by atoms with van der Waals surface area (Å²) in [5.41, 5.74) is 4.02. The summed E-state index contributed by atoms with van der Waals surface area (Å²) in [5.74, 6) is 0. The van der Waals surface area contributed by atoms with Crippen molar-refractivity contribution in [2.45, 2.75) is 19.8 Å². The zero-order chi connectivity index (χ0) is 25.9. The molecule has 0 saturated heterocycles. The standard InChI is InChI=1S/C29H16N4S4/c1-2-3-4-21-22-11-26(24-7-5-19(34-24)9-17(13-30)14-31)36-28(22)29-23(21)12-27(37-29)25-8-6-20(35-25)10-18(15-32)16-33/h4-12H,2-3H2,1H3. The molecule has 37 heavy (non-hydrogen) atoms. The first kappa shape index (κ1) is 24.7. The summed E-state index contributed by atoms with van der Waals surface area (Å²) < 4.78 is 0. The normalized spacial score (nSPS) is 10.9. The second-order valence-corrected chi connectivity index (χ2v) is 12.4. The number of nitrogens with zero attached hydrogens (tertiary/aromatic N) is 4. The lowest BCUT2D eigenvalue weighted by Gasteiger charge is -2.00. The lowest BCUT2D eigenvalue weighted by atomic mass is 10.0. The lowest BCUT2D eigenvalue weighted by molar-refractivity contribution is 0.960. The van der Waals surface area contributed by atoms with E-state index < -0.39 is 0 Å². The van der Waals surface area contributed by atoms with E-state index in [1.165, 1.54) is 36.2 Å². The Hall–Kier alpha value is -4.02. The third-order valence-electron chi connectivity index (χ3n) is 5.68. The molecule has 5 rings (SSSR count). The zero-order valence-corrected chi connectivity index (χ0v) is 22.8. The predicted molar refractivity (Wildman–Crippen MR) is 155 cm³/mol. The maximum Gasteiger partial charge on any atom is 0.131 e. The van der Waals surface area contributed by atoms with Crippen molar-refractivity contribution < 1.29 is 0 Å². The summed E-state index contributed by atoms with van der Waals surface area (Å²) in [5, 5.41) is 36.3. The van der Waals surface area contributed by atoms with Crippen molar-refractivity contribution in [3.8, 4) is 53.5 Å². The Kier molecular flexibility index (Phi) is 7.02. The molecule has 0 bridgehead atoms. The van der Waals surface area contributed by atoms with Crippen LogP contribution in [0.5, 0.6) is 0 Å². The van der Waals surface area contributed by atoms with Crippen molar-refractivity contribution in [1.82, 2.24) is 0 Å². The molecule has 8 heteroatoms. The molecule has 0 aromatic carbocycles. The van der Waals surface area contributed by atoms with Crippen LogP contribution < -0.4 is 0 Å². The van der Waals surface area contributed by atoms with Gasteiger partial charge in [-0.05, 0) is 60.5 Å². The van der Waals surface area contributed by atoms with Crippen LogP contribution in [-0.2, 0) is 0 Å². The molecule has 0 saturated carbocycles. The number of fused-ring (bicyclic) bond motifs is 3. The van der Waals surface area contributed by atoms with E-state index in [9.17, 15) is 0 Å². The lowest BCUT2D eigenvalue weighted by Crippen LogP contribution is -1.79. The SMILES string of the molecule is CCCC=C1c2cc(-c3ccc(C=C(C#N)C#N)s3)sc2-c2sc(-c3ccc(C=C(C#N)C#N)s3)cc21. The molecule has 176 valence electrons. The summed E-state index contributed by atoms with van der Waals surface area (Å²) in [6, 6.07) is 20.2. The van der Waals surface area contributed by atoms with Crippen LogP contribution in [0, 0.1) is 45.3 Å². The van der Waals surface area contributed by atoms with Gasteiger partial charge in [-0.25, -0.2) is 0 Å². The van der Waals surface area contributed by atoms with E-state index in [1.54, 1.807) is 57.5 Å². The summed E-state index contributed by atoms with van der Waals surface area (Å²) in [6.45, 7) is 2.18. The highest BCUT2D eigenvalue weighted by Crippen LogP contribution is 2.56. The third kappa shape index (κ3) is 4.73. The number of thiophene rings is 4. The molecule has 0 amide bonds. The Morgan fingerprint density at radius 2 is 1.14 bits per heavy atom. The van der Waals surface area contributed by atoms with Crippen LogP contribution in [0.1, 0.15) is 40.6 Å². The second kappa shape index (κ2) is 10.5. The maximum atomic E-state index is 9.06. The topological polar surface area (TPSA) is 95.2 Å². The van der Waals surface area contributed by atoms with Crippen LogP contribution in [0.4, 0.5) is 0 Å². The summed E-state index contributed by atoms with van der Waals surface area (Å²) >= 11 is 6.72. The number of nitriles is 4. The molecule has 0 fully saturated rings. The van der Waals surface area contributed by atoms with Crippen LogP contribution in [0.25, 0.3) is 47.0 Å². The van der Waals surface area contributed by atoms with Gasteiger partial charge in [0.15, 0.2) is 0 Å². The Morgan fingerprint density at radius 3 is 1.54 bits per heavy atom. The highest BCUT2D eigenvalue weighted by atomic mass is 32.1. The van der Waals surface area contributed by atoms with E-state index in [1.807, 2.05) is 36.4 Å². The minimum Gasteiger partial charge on any atom is -0.192 e. The second-order valence-electron chi connectivity index (χ2n) is 8.08. The molecule has 0 radical (unpaired) electrons. The van der Waals surface area contributed by atoms with E-state index in [2.05, 4.69) is 37.3 Å². The molecule has 1 aliphatic rings. The van der Waals surface area contributed by atoms with Gasteiger partial charge in [-0.3, -0.25) is 0 Å². The molecule has 0 aliphatic heterocycles. The van der Waals surface area contributed by atoms with Crippen molar-refractivity contribution in [2.24, 2.45) is 0 Å². The maximum absolute atomic E-state index is 9.06. The van der Waals surface area contributed by atoms with Gasteiger partial charge in [-0.2, -0.15) is 21.0 Å². The van der Waals surface area contributed by atoms with Crippen molar-refractivity contribution in [3.05, 3.63) is 74.5 Å². The van der Waals surface area contributed by atoms with Gasteiger partial charge >= 0.3 is 0 Å². The molecule has 0 spiro atoms. The van der Waals surface area contributed by atoms with Gasteiger partial charge in [0.2, 0.25) is 0 Å². The Balaban J connectivity index is 1.53. The Bertz CT molecular complexity index is 1630. The quantitative estimate of drug-likeness (QED) is 0.197. The van der Waals surface area contributed by atoms with E-state index >= 15 is 0 Å². The number of rotatable bonds is 6. The highest BCUT2D eigenvalue weighted by molar-refractivity contribution is 7.29. The van der Waals surface area contributed by atoms with Crippen molar-refractivity contribution >= 4 is 63.1 Å². The van der Waals surface area contributed by atoms with Crippen LogP contribution in [0.3, 0.4) is 0 Å². The average molecular weight is 549 g/mol. The average Bonchev–Trinajstić information content (AvgIpc) is 3.72. The van der Waals surface area contributed by atoms with Crippen LogP contribution in [0.2, 0.25) is 0 Å². The van der Waals surface area contributed by atoms with Gasteiger partial charge < -0.3 is 0 Å². The van der Waals surface area contributed by atoms with Crippen molar-refractivity contribution in [2.75, 3.05) is 0 Å². The fourth-order valence-corrected chi connectivity index (χ4v) is 8.57. The molecule has 4 nitrogen and oxygen atoms in total. The summed E-state index contributed by atoms with van der Waals surface area (Å²) in [6.07, 6.45) is 7.67. The summed E-state index contributed by atoms with van der Waals surface area (Å²) in [7, 11) is 0. The predicted octanol–water partition coefficient (Wildman–Crippen LogP) is 9.34. The third-order valence-corrected chi connectivity index (χ3v) is 10.6. The van der Waals surface area contributed by atoms with Gasteiger partial charge in [0.05, 0.1) is 9.75 Å². The van der Waals surface area contributed by atoms with Crippen LogP contribution >= 0.6 is 45.3 Å². The molecule has 4 heterocycles. The highest BCUT2D eigenvalue weighted by Gasteiger charge is 2.30. The first-order valence-corrected chi connectivity index (χ1v) is 14.6. The largest absolute Gasteiger partial charge is 0.192 e. The fourth-order valence-electron chi connectivity index (χ4n) is 4.01. The number of allylic oxidation sites excluding steroid dienone is 3. The van der Waals surface area contributed by atoms with E-state index in [0.29, 0.717) is 0 Å². The van der Waals surface area contributed by atoms with Gasteiger partial charge in [-0.1, -0.05) is 19.4 Å². The van der Waals surface area contributed by atoms with Crippen LogP contribution in [0.15, 0.2) is 53.6 Å². The molecular formula is C29H16N4S4. The molecule has 1 aliphatic carbocycles. The first-order chi connectivity index (χ1) is 18.1. The molecule has 4 aromatic rings. The Morgan fingerprint density at radius 1 is 0.676 bits per heavy atom. The van der Waals surface area contributed by atoms with Crippen molar-refractivity contribution in [1.29, 1.82) is 21.0 Å². The summed E-state index contributed by atoms with van der Waals surface area (Å²) in [4.78, 5) is 8.92. The minimum atomic E-state index is 0.103. The smallest absolute Gasteiger partial charge is 0.131 e. The van der Waals surface area contributed by atoms with Gasteiger partial charge in [0, 0.05) is 40.4 Å². The van der Waals surface area contributed by atoms with Gasteiger partial charge in [0.1, 0.15) is 35.4 Å². The van der Waals surface area contributed by atoms with Gasteiger partial charge in [0.25, 0.3) is 0 Å². The van der Waals surface area contributed by atoms with E-state index in [4.69, 9.17) is 21.0 Å². The monoisotopic (exact) mass is 548 g/mol. The van der Waals surface area contributed by atoms with Gasteiger partial charge in [-0.15, -0.1) is 45.3 Å². The first-order valence-electron chi connectivity index (χ1n) is 11.3. The van der Waals surface area contributed by atoms with Crippen LogP contribution in [-0.4, -0.2) is 0 Å². The zero-order valence-electron chi connectivity index (χ0n) is 19.5. The van der Waals surface area contributed by atoms with Crippen molar-refractivity contribution in [3.63, 3.8) is 0 Å². The fraction of sp³-hybridized carbons (Fsp3) is 0.103. The van der Waals surface area contributed by atoms with E-state index in [0.717, 1.165) is 32.4 Å². The number of unbranched alkanes of at least 4 members (excludes halogenated alkanes) is 1. The number of hydrogen-bond acceptors (Lipinski definition) is 8. The molecule has 0 atom stereocenters. The van der Waals surface area contributed by atoms with E-state index in [-0.39, 0.29) is 11.1 Å².